The zero-order valence-electron chi connectivity index (χ0n) is 14.1. The molecule has 5 rings (SSSR count). The second-order valence-electron chi connectivity index (χ2n) is 7.67. The van der Waals surface area contributed by atoms with Crippen LogP contribution in [0.1, 0.15) is 24.8 Å². The zero-order valence-corrected chi connectivity index (χ0v) is 14.1. The van der Waals surface area contributed by atoms with E-state index in [9.17, 15) is 9.90 Å². The van der Waals surface area contributed by atoms with Crippen LogP contribution in [-0.2, 0) is 16.0 Å². The van der Waals surface area contributed by atoms with Crippen LogP contribution in [0.3, 0.4) is 0 Å². The molecule has 0 aromatic heterocycles. The molecule has 1 amide bonds. The number of fused-ring (bicyclic) bond motifs is 2. The van der Waals surface area contributed by atoms with Gasteiger partial charge in [-0.3, -0.25) is 4.79 Å². The molecule has 1 aromatic rings. The van der Waals surface area contributed by atoms with E-state index in [1.807, 2.05) is 23.1 Å². The number of aliphatic hydroxyl groups is 1. The highest BCUT2D eigenvalue weighted by Gasteiger charge is 2.63. The standard InChI is InChI=1S/C19H23NO5/c21-9-13-14-8-20(10-19(14)6-5-15(13)25-19)18(22)4-2-12-1-3-16-17(7-12)24-11-23-16/h1,3,7,13-15,21H,2,4-6,8-11H2/t13-,14+,15+,19+/m0/s1. The van der Waals surface area contributed by atoms with Gasteiger partial charge in [0.25, 0.3) is 0 Å². The lowest BCUT2D eigenvalue weighted by Crippen LogP contribution is -2.38. The van der Waals surface area contributed by atoms with Crippen LogP contribution in [-0.4, -0.2) is 54.1 Å². The predicted octanol–water partition coefficient (Wildman–Crippen LogP) is 1.35. The number of likely N-dealkylation sites (tertiary alicyclic amines) is 1. The first-order chi connectivity index (χ1) is 12.2. The van der Waals surface area contributed by atoms with Crippen molar-refractivity contribution in [2.45, 2.75) is 37.4 Å². The van der Waals surface area contributed by atoms with Gasteiger partial charge in [0.05, 0.1) is 18.2 Å². The van der Waals surface area contributed by atoms with Crippen LogP contribution in [0.15, 0.2) is 18.2 Å². The summed E-state index contributed by atoms with van der Waals surface area (Å²) in [6.45, 7) is 1.84. The van der Waals surface area contributed by atoms with E-state index in [-0.39, 0.29) is 36.9 Å². The van der Waals surface area contributed by atoms with E-state index in [2.05, 4.69) is 0 Å². The van der Waals surface area contributed by atoms with Gasteiger partial charge in [-0.2, -0.15) is 0 Å². The Morgan fingerprint density at radius 1 is 1.32 bits per heavy atom. The van der Waals surface area contributed by atoms with Gasteiger partial charge >= 0.3 is 0 Å². The Kier molecular flexibility index (Phi) is 3.47. The normalized spacial score (nSPS) is 34.6. The largest absolute Gasteiger partial charge is 0.454 e. The quantitative estimate of drug-likeness (QED) is 0.892. The third-order valence-electron chi connectivity index (χ3n) is 6.41. The third-order valence-corrected chi connectivity index (χ3v) is 6.41. The maximum Gasteiger partial charge on any atom is 0.231 e. The van der Waals surface area contributed by atoms with Crippen molar-refractivity contribution in [3.63, 3.8) is 0 Å². The fraction of sp³-hybridized carbons (Fsp3) is 0.632. The van der Waals surface area contributed by atoms with Crippen LogP contribution >= 0.6 is 0 Å². The van der Waals surface area contributed by atoms with Gasteiger partial charge in [0.1, 0.15) is 0 Å². The number of hydrogen-bond donors (Lipinski definition) is 1. The van der Waals surface area contributed by atoms with E-state index in [0.29, 0.717) is 25.3 Å². The first-order valence-corrected chi connectivity index (χ1v) is 9.13. The monoisotopic (exact) mass is 345 g/mol. The number of carbonyl (C=O) groups excluding carboxylic acids is 1. The lowest BCUT2D eigenvalue weighted by molar-refractivity contribution is -0.131. The molecule has 1 N–H and O–H groups in total. The summed E-state index contributed by atoms with van der Waals surface area (Å²) in [5, 5.41) is 9.68. The molecule has 134 valence electrons. The summed E-state index contributed by atoms with van der Waals surface area (Å²) in [6, 6.07) is 5.85. The highest BCUT2D eigenvalue weighted by molar-refractivity contribution is 5.77. The number of rotatable bonds is 4. The van der Waals surface area contributed by atoms with Gasteiger partial charge in [-0.25, -0.2) is 0 Å². The average molecular weight is 345 g/mol. The fourth-order valence-corrected chi connectivity index (χ4v) is 5.13. The lowest BCUT2D eigenvalue weighted by Gasteiger charge is -2.27. The SMILES string of the molecule is O=C(CCc1ccc2c(c1)OCO2)N1C[C@@H]2[C@H](CO)[C@H]3CC[C@]2(C1)O3. The summed E-state index contributed by atoms with van der Waals surface area (Å²) in [6.07, 6.45) is 3.40. The summed E-state index contributed by atoms with van der Waals surface area (Å²) < 4.78 is 16.9. The fourth-order valence-electron chi connectivity index (χ4n) is 5.13. The molecule has 0 aliphatic carbocycles. The van der Waals surface area contributed by atoms with Crippen LogP contribution < -0.4 is 9.47 Å². The van der Waals surface area contributed by atoms with Crippen LogP contribution in [0.5, 0.6) is 11.5 Å². The minimum Gasteiger partial charge on any atom is -0.454 e. The van der Waals surface area contributed by atoms with Crippen LogP contribution in [0.2, 0.25) is 0 Å². The maximum atomic E-state index is 12.7. The minimum atomic E-state index is -0.188. The van der Waals surface area contributed by atoms with Gasteiger partial charge < -0.3 is 24.2 Å². The Labute approximate surface area is 146 Å². The molecule has 3 fully saturated rings. The molecule has 4 aliphatic rings. The van der Waals surface area contributed by atoms with Crippen molar-refractivity contribution in [1.29, 1.82) is 0 Å². The molecule has 1 spiro atoms. The van der Waals surface area contributed by atoms with Gasteiger partial charge in [0.2, 0.25) is 12.7 Å². The number of benzene rings is 1. The van der Waals surface area contributed by atoms with Crippen molar-refractivity contribution in [2.75, 3.05) is 26.5 Å². The van der Waals surface area contributed by atoms with Gasteiger partial charge in [-0.05, 0) is 37.0 Å². The van der Waals surface area contributed by atoms with Gasteiger partial charge in [0.15, 0.2) is 11.5 Å². The van der Waals surface area contributed by atoms with Crippen LogP contribution in [0.4, 0.5) is 0 Å². The number of nitrogens with zero attached hydrogens (tertiary/aromatic N) is 1. The number of hydrogen-bond acceptors (Lipinski definition) is 5. The number of aliphatic hydroxyl groups excluding tert-OH is 1. The molecule has 25 heavy (non-hydrogen) atoms. The van der Waals surface area contributed by atoms with E-state index < -0.39 is 0 Å². The Morgan fingerprint density at radius 2 is 2.20 bits per heavy atom. The molecule has 0 unspecified atom stereocenters. The van der Waals surface area contributed by atoms with Crippen molar-refractivity contribution < 1.29 is 24.1 Å². The number of aryl methyl sites for hydroxylation is 1. The highest BCUT2D eigenvalue weighted by atomic mass is 16.7. The molecule has 1 aromatic carbocycles. The second-order valence-corrected chi connectivity index (χ2v) is 7.67. The van der Waals surface area contributed by atoms with E-state index in [0.717, 1.165) is 36.4 Å². The molecule has 3 saturated heterocycles. The molecule has 6 nitrogen and oxygen atoms in total. The molecule has 4 atom stereocenters. The smallest absolute Gasteiger partial charge is 0.231 e. The summed E-state index contributed by atoms with van der Waals surface area (Å²) in [5.41, 5.74) is 0.896. The molecular formula is C19H23NO5. The first-order valence-electron chi connectivity index (χ1n) is 9.13. The summed E-state index contributed by atoms with van der Waals surface area (Å²) in [4.78, 5) is 14.6. The summed E-state index contributed by atoms with van der Waals surface area (Å²) in [7, 11) is 0. The molecule has 2 bridgehead atoms. The lowest BCUT2D eigenvalue weighted by atomic mass is 9.74. The third kappa shape index (κ3) is 2.34. The van der Waals surface area contributed by atoms with E-state index in [1.165, 1.54) is 0 Å². The molecule has 6 heteroatoms. The number of ether oxygens (including phenoxy) is 3. The number of amides is 1. The van der Waals surface area contributed by atoms with E-state index >= 15 is 0 Å². The summed E-state index contributed by atoms with van der Waals surface area (Å²) in [5.74, 6) is 2.19. The highest BCUT2D eigenvalue weighted by Crippen LogP contribution is 2.54. The Morgan fingerprint density at radius 3 is 3.08 bits per heavy atom. The second kappa shape index (κ2) is 5.61. The molecule has 0 radical (unpaired) electrons. The summed E-state index contributed by atoms with van der Waals surface area (Å²) >= 11 is 0. The maximum absolute atomic E-state index is 12.7. The van der Waals surface area contributed by atoms with Crippen molar-refractivity contribution in [3.05, 3.63) is 23.8 Å². The predicted molar refractivity (Wildman–Crippen MR) is 88.4 cm³/mol. The van der Waals surface area contributed by atoms with Gasteiger partial charge in [0, 0.05) is 31.4 Å². The van der Waals surface area contributed by atoms with Crippen molar-refractivity contribution >= 4 is 5.91 Å². The number of carbonyl (C=O) groups is 1. The molecular weight excluding hydrogens is 322 g/mol. The molecule has 4 heterocycles. The Hall–Kier alpha value is -1.79. The van der Waals surface area contributed by atoms with Crippen LogP contribution in [0.25, 0.3) is 0 Å². The minimum absolute atomic E-state index is 0.163. The van der Waals surface area contributed by atoms with Crippen molar-refractivity contribution in [1.82, 2.24) is 4.90 Å². The Balaban J connectivity index is 1.23. The molecule has 4 aliphatic heterocycles. The van der Waals surface area contributed by atoms with Gasteiger partial charge in [-0.1, -0.05) is 6.07 Å². The zero-order chi connectivity index (χ0) is 17.0. The molecule has 0 saturated carbocycles. The van der Waals surface area contributed by atoms with Crippen molar-refractivity contribution in [3.8, 4) is 11.5 Å². The van der Waals surface area contributed by atoms with Crippen LogP contribution in [0, 0.1) is 11.8 Å². The van der Waals surface area contributed by atoms with Gasteiger partial charge in [-0.15, -0.1) is 0 Å². The topological polar surface area (TPSA) is 68.2 Å². The average Bonchev–Trinajstić information content (AvgIpc) is 3.37. The van der Waals surface area contributed by atoms with E-state index in [1.54, 1.807) is 0 Å². The first kappa shape index (κ1) is 15.5. The van der Waals surface area contributed by atoms with Crippen molar-refractivity contribution in [2.24, 2.45) is 11.8 Å². The van der Waals surface area contributed by atoms with E-state index in [4.69, 9.17) is 14.2 Å². The Bertz CT molecular complexity index is 707.